The molecule has 0 aliphatic carbocycles. The minimum absolute atomic E-state index is 0.119. The second-order valence-corrected chi connectivity index (χ2v) is 7.51. The molecular formula is C14H26N2O3S. The molecule has 1 heterocycles. The molecule has 1 aromatic heterocycles. The Morgan fingerprint density at radius 3 is 2.30 bits per heavy atom. The van der Waals surface area contributed by atoms with Crippen LogP contribution in [0, 0.1) is 12.8 Å². The first-order valence-corrected chi connectivity index (χ1v) is 8.46. The van der Waals surface area contributed by atoms with Gasteiger partial charge in [-0.25, -0.2) is 13.1 Å². The first-order valence-electron chi connectivity index (χ1n) is 6.98. The Bertz CT molecular complexity index is 533. The summed E-state index contributed by atoms with van der Waals surface area (Å²) < 4.78 is 32.9. The molecule has 0 saturated carbocycles. The van der Waals surface area contributed by atoms with Crippen molar-refractivity contribution >= 4 is 10.0 Å². The first-order chi connectivity index (χ1) is 9.13. The van der Waals surface area contributed by atoms with E-state index in [4.69, 9.17) is 4.42 Å². The SMILES string of the molecule is Cc1oc(CNC(C)C)cc1S(=O)(=O)NC(C)C(C)C. The van der Waals surface area contributed by atoms with E-state index < -0.39 is 10.0 Å². The van der Waals surface area contributed by atoms with Crippen molar-refractivity contribution in [2.75, 3.05) is 0 Å². The van der Waals surface area contributed by atoms with Gasteiger partial charge in [-0.05, 0) is 19.8 Å². The summed E-state index contributed by atoms with van der Waals surface area (Å²) >= 11 is 0. The third-order valence-electron chi connectivity index (χ3n) is 3.24. The second-order valence-electron chi connectivity index (χ2n) is 5.82. The van der Waals surface area contributed by atoms with Gasteiger partial charge in [0.05, 0.1) is 6.54 Å². The van der Waals surface area contributed by atoms with Gasteiger partial charge < -0.3 is 9.73 Å². The molecule has 0 aliphatic heterocycles. The fraction of sp³-hybridized carbons (Fsp3) is 0.714. The lowest BCUT2D eigenvalue weighted by atomic mass is 10.1. The lowest BCUT2D eigenvalue weighted by Gasteiger charge is -2.16. The van der Waals surface area contributed by atoms with Crippen LogP contribution in [0.3, 0.4) is 0 Å². The van der Waals surface area contributed by atoms with Gasteiger partial charge in [0.1, 0.15) is 16.4 Å². The third kappa shape index (κ3) is 4.61. The fourth-order valence-electron chi connectivity index (χ4n) is 1.63. The van der Waals surface area contributed by atoms with Gasteiger partial charge in [0.2, 0.25) is 10.0 Å². The number of hydrogen-bond acceptors (Lipinski definition) is 4. The third-order valence-corrected chi connectivity index (χ3v) is 4.90. The van der Waals surface area contributed by atoms with E-state index in [9.17, 15) is 8.42 Å². The molecule has 2 N–H and O–H groups in total. The smallest absolute Gasteiger partial charge is 0.244 e. The van der Waals surface area contributed by atoms with E-state index >= 15 is 0 Å². The predicted molar refractivity (Wildman–Crippen MR) is 80.0 cm³/mol. The normalized spacial score (nSPS) is 14.2. The molecule has 1 atom stereocenters. The summed E-state index contributed by atoms with van der Waals surface area (Å²) in [5.74, 6) is 1.29. The maximum absolute atomic E-state index is 12.3. The molecule has 5 nitrogen and oxygen atoms in total. The van der Waals surface area contributed by atoms with Crippen LogP contribution in [0.1, 0.15) is 46.1 Å². The van der Waals surface area contributed by atoms with Gasteiger partial charge in [0.25, 0.3) is 0 Å². The Morgan fingerprint density at radius 1 is 1.20 bits per heavy atom. The summed E-state index contributed by atoms with van der Waals surface area (Å²) in [6.45, 7) is 12.1. The molecule has 0 aliphatic rings. The molecule has 0 amide bonds. The highest BCUT2D eigenvalue weighted by molar-refractivity contribution is 7.89. The van der Waals surface area contributed by atoms with Gasteiger partial charge in [-0.3, -0.25) is 0 Å². The van der Waals surface area contributed by atoms with E-state index in [0.717, 1.165) is 0 Å². The number of furan rings is 1. The summed E-state index contributed by atoms with van der Waals surface area (Å²) in [5, 5.41) is 3.20. The Kier molecular flexibility index (Phi) is 5.79. The summed E-state index contributed by atoms with van der Waals surface area (Å²) in [4.78, 5) is 0.227. The average molecular weight is 302 g/mol. The van der Waals surface area contributed by atoms with Crippen molar-refractivity contribution in [1.82, 2.24) is 10.0 Å². The van der Waals surface area contributed by atoms with Crippen LogP contribution in [0.25, 0.3) is 0 Å². The number of rotatable bonds is 7. The summed E-state index contributed by atoms with van der Waals surface area (Å²) in [6, 6.07) is 1.80. The zero-order valence-corrected chi connectivity index (χ0v) is 14.0. The van der Waals surface area contributed by atoms with Crippen molar-refractivity contribution in [1.29, 1.82) is 0 Å². The van der Waals surface area contributed by atoms with Crippen LogP contribution in [-0.4, -0.2) is 20.5 Å². The molecule has 0 saturated heterocycles. The van der Waals surface area contributed by atoms with E-state index in [1.165, 1.54) is 0 Å². The molecule has 116 valence electrons. The Hall–Kier alpha value is -0.850. The van der Waals surface area contributed by atoms with Crippen LogP contribution in [0.15, 0.2) is 15.4 Å². The van der Waals surface area contributed by atoms with Gasteiger partial charge in [-0.2, -0.15) is 0 Å². The van der Waals surface area contributed by atoms with Crippen LogP contribution in [0.4, 0.5) is 0 Å². The number of nitrogens with one attached hydrogen (secondary N) is 2. The maximum Gasteiger partial charge on any atom is 0.244 e. The van der Waals surface area contributed by atoms with Gasteiger partial charge >= 0.3 is 0 Å². The van der Waals surface area contributed by atoms with Crippen molar-refractivity contribution in [2.45, 2.75) is 65.1 Å². The summed E-state index contributed by atoms with van der Waals surface area (Å²) in [6.07, 6.45) is 0. The van der Waals surface area contributed by atoms with Crippen molar-refractivity contribution in [3.05, 3.63) is 17.6 Å². The summed E-state index contributed by atoms with van der Waals surface area (Å²) in [5.41, 5.74) is 0. The highest BCUT2D eigenvalue weighted by Crippen LogP contribution is 2.21. The Morgan fingerprint density at radius 2 is 1.80 bits per heavy atom. The molecule has 0 bridgehead atoms. The van der Waals surface area contributed by atoms with Gasteiger partial charge in [-0.15, -0.1) is 0 Å². The highest BCUT2D eigenvalue weighted by atomic mass is 32.2. The molecule has 20 heavy (non-hydrogen) atoms. The molecular weight excluding hydrogens is 276 g/mol. The van der Waals surface area contributed by atoms with Crippen LogP contribution in [-0.2, 0) is 16.6 Å². The minimum Gasteiger partial charge on any atom is -0.464 e. The highest BCUT2D eigenvalue weighted by Gasteiger charge is 2.24. The fourth-order valence-corrected chi connectivity index (χ4v) is 3.22. The maximum atomic E-state index is 12.3. The van der Waals surface area contributed by atoms with Crippen LogP contribution in [0.2, 0.25) is 0 Å². The molecule has 6 heteroatoms. The number of sulfonamides is 1. The molecule has 0 spiro atoms. The summed E-state index contributed by atoms with van der Waals surface area (Å²) in [7, 11) is -3.52. The molecule has 0 fully saturated rings. The van der Waals surface area contributed by atoms with Crippen LogP contribution >= 0.6 is 0 Å². The Balaban J connectivity index is 2.90. The molecule has 0 radical (unpaired) electrons. The van der Waals surface area contributed by atoms with E-state index in [1.807, 2.05) is 34.6 Å². The molecule has 0 aromatic carbocycles. The molecule has 1 aromatic rings. The van der Waals surface area contributed by atoms with Crippen molar-refractivity contribution < 1.29 is 12.8 Å². The minimum atomic E-state index is -3.52. The molecule has 1 rings (SSSR count). The average Bonchev–Trinajstić information content (AvgIpc) is 2.68. The number of hydrogen-bond donors (Lipinski definition) is 2. The standard InChI is InChI=1S/C14H26N2O3S/c1-9(2)11(5)16-20(17,18)14-7-13(19-12(14)6)8-15-10(3)4/h7,9-11,15-16H,8H2,1-6H3. The van der Waals surface area contributed by atoms with Gasteiger partial charge in [0, 0.05) is 18.2 Å². The first kappa shape index (κ1) is 17.2. The molecule has 1 unspecified atom stereocenters. The van der Waals surface area contributed by atoms with Gasteiger partial charge in [0.15, 0.2) is 0 Å². The van der Waals surface area contributed by atoms with E-state index in [0.29, 0.717) is 24.1 Å². The van der Waals surface area contributed by atoms with Crippen molar-refractivity contribution in [3.8, 4) is 0 Å². The van der Waals surface area contributed by atoms with Crippen LogP contribution < -0.4 is 10.0 Å². The Labute approximate surface area is 122 Å². The van der Waals surface area contributed by atoms with E-state index in [1.54, 1.807) is 13.0 Å². The lowest BCUT2D eigenvalue weighted by molar-refractivity contribution is 0.442. The zero-order valence-electron chi connectivity index (χ0n) is 13.1. The zero-order chi connectivity index (χ0) is 15.5. The number of aryl methyl sites for hydroxylation is 1. The van der Waals surface area contributed by atoms with Crippen molar-refractivity contribution in [2.24, 2.45) is 5.92 Å². The quantitative estimate of drug-likeness (QED) is 0.811. The topological polar surface area (TPSA) is 71.3 Å². The second kappa shape index (κ2) is 6.74. The van der Waals surface area contributed by atoms with E-state index in [2.05, 4.69) is 10.0 Å². The predicted octanol–water partition coefficient (Wildman–Crippen LogP) is 2.41. The van der Waals surface area contributed by atoms with Gasteiger partial charge in [-0.1, -0.05) is 27.7 Å². The van der Waals surface area contributed by atoms with Crippen LogP contribution in [0.5, 0.6) is 0 Å². The lowest BCUT2D eigenvalue weighted by Crippen LogP contribution is -2.36. The van der Waals surface area contributed by atoms with E-state index in [-0.39, 0.29) is 16.9 Å². The monoisotopic (exact) mass is 302 g/mol. The van der Waals surface area contributed by atoms with Crippen molar-refractivity contribution in [3.63, 3.8) is 0 Å². The largest absolute Gasteiger partial charge is 0.464 e.